The molecule has 1 unspecified atom stereocenters. The minimum Gasteiger partial charge on any atom is -0.488 e. The first-order valence-corrected chi connectivity index (χ1v) is 7.08. The number of benzene rings is 1. The summed E-state index contributed by atoms with van der Waals surface area (Å²) in [6.45, 7) is 6.74. The molecule has 1 aliphatic rings. The van der Waals surface area contributed by atoms with Crippen LogP contribution in [-0.2, 0) is 4.79 Å². The monoisotopic (exact) mass is 281 g/mol. The van der Waals surface area contributed by atoms with E-state index < -0.39 is 0 Å². The van der Waals surface area contributed by atoms with Crippen LogP contribution in [0.1, 0.15) is 27.2 Å². The van der Waals surface area contributed by atoms with Crippen molar-refractivity contribution in [2.75, 3.05) is 17.3 Å². The van der Waals surface area contributed by atoms with E-state index in [0.717, 1.165) is 11.4 Å². The Balaban J connectivity index is 2.08. The number of alkyl halides is 1. The summed E-state index contributed by atoms with van der Waals surface area (Å²) in [5.74, 6) is 1.76. The molecule has 1 aliphatic heterocycles. The van der Waals surface area contributed by atoms with Crippen LogP contribution in [0, 0.1) is 5.92 Å². The van der Waals surface area contributed by atoms with Crippen molar-refractivity contribution in [1.29, 1.82) is 0 Å². The van der Waals surface area contributed by atoms with Gasteiger partial charge in [-0.1, -0.05) is 0 Å². The van der Waals surface area contributed by atoms with Crippen molar-refractivity contribution in [2.24, 2.45) is 5.92 Å². The minimum atomic E-state index is -0.214. The molecule has 104 valence electrons. The molecule has 0 aliphatic carbocycles. The van der Waals surface area contributed by atoms with Gasteiger partial charge in [0.15, 0.2) is 0 Å². The lowest BCUT2D eigenvalue weighted by atomic mass is 10.1. The summed E-state index contributed by atoms with van der Waals surface area (Å²) in [7, 11) is 0. The lowest BCUT2D eigenvalue weighted by Gasteiger charge is -2.22. The molecule has 1 saturated heterocycles. The molecule has 0 spiro atoms. The van der Waals surface area contributed by atoms with Gasteiger partial charge in [0.1, 0.15) is 11.4 Å². The molecule has 0 bridgehead atoms. The number of amides is 1. The molecule has 1 amide bonds. The summed E-state index contributed by atoms with van der Waals surface area (Å²) in [6, 6.07) is 7.66. The summed E-state index contributed by atoms with van der Waals surface area (Å²) < 4.78 is 5.76. The Labute approximate surface area is 119 Å². The predicted molar refractivity (Wildman–Crippen MR) is 78.0 cm³/mol. The highest BCUT2D eigenvalue weighted by Crippen LogP contribution is 2.28. The highest BCUT2D eigenvalue weighted by atomic mass is 35.5. The second kappa shape index (κ2) is 5.41. The molecule has 0 radical (unpaired) electrons. The number of carbonyl (C=O) groups is 1. The molecular formula is C15H20ClNO2. The largest absolute Gasteiger partial charge is 0.488 e. The fourth-order valence-corrected chi connectivity index (χ4v) is 2.39. The highest BCUT2D eigenvalue weighted by molar-refractivity contribution is 6.18. The summed E-state index contributed by atoms with van der Waals surface area (Å²) in [6.07, 6.45) is 0.545. The van der Waals surface area contributed by atoms with Crippen molar-refractivity contribution < 1.29 is 9.53 Å². The highest BCUT2D eigenvalue weighted by Gasteiger charge is 2.29. The van der Waals surface area contributed by atoms with Gasteiger partial charge in [-0.25, -0.2) is 0 Å². The first-order chi connectivity index (χ1) is 8.89. The van der Waals surface area contributed by atoms with E-state index in [0.29, 0.717) is 18.8 Å². The van der Waals surface area contributed by atoms with Gasteiger partial charge in [0.2, 0.25) is 5.91 Å². The maximum absolute atomic E-state index is 11.9. The van der Waals surface area contributed by atoms with Crippen LogP contribution in [0.3, 0.4) is 0 Å². The van der Waals surface area contributed by atoms with E-state index in [1.165, 1.54) is 0 Å². The van der Waals surface area contributed by atoms with Gasteiger partial charge in [-0.3, -0.25) is 4.79 Å². The summed E-state index contributed by atoms with van der Waals surface area (Å²) in [4.78, 5) is 13.7. The van der Waals surface area contributed by atoms with Gasteiger partial charge < -0.3 is 9.64 Å². The van der Waals surface area contributed by atoms with Crippen molar-refractivity contribution in [2.45, 2.75) is 32.8 Å². The second-order valence-corrected chi connectivity index (χ2v) is 6.25. The molecule has 1 atom stereocenters. The Hall–Kier alpha value is -1.22. The number of ether oxygens (including phenoxy) is 1. The number of anilines is 1. The van der Waals surface area contributed by atoms with Crippen LogP contribution in [0.5, 0.6) is 5.75 Å². The first-order valence-electron chi connectivity index (χ1n) is 6.54. The van der Waals surface area contributed by atoms with E-state index in [-0.39, 0.29) is 17.4 Å². The Morgan fingerprint density at radius 2 is 1.95 bits per heavy atom. The third kappa shape index (κ3) is 3.63. The van der Waals surface area contributed by atoms with Crippen LogP contribution in [-0.4, -0.2) is 23.9 Å². The van der Waals surface area contributed by atoms with E-state index in [1.807, 2.05) is 45.0 Å². The molecular weight excluding hydrogens is 262 g/mol. The smallest absolute Gasteiger partial charge is 0.227 e. The lowest BCUT2D eigenvalue weighted by Crippen LogP contribution is -2.25. The second-order valence-electron chi connectivity index (χ2n) is 5.94. The van der Waals surface area contributed by atoms with E-state index in [4.69, 9.17) is 16.3 Å². The molecule has 0 aromatic heterocycles. The van der Waals surface area contributed by atoms with Gasteiger partial charge in [0, 0.05) is 24.5 Å². The van der Waals surface area contributed by atoms with Crippen LogP contribution in [0.4, 0.5) is 5.69 Å². The SMILES string of the molecule is CC(C)(C)Oc1ccc(N2CC(CCl)CC2=O)cc1. The number of halogens is 1. The van der Waals surface area contributed by atoms with Crippen molar-refractivity contribution in [3.8, 4) is 5.75 Å². The van der Waals surface area contributed by atoms with Crippen molar-refractivity contribution in [3.05, 3.63) is 24.3 Å². The van der Waals surface area contributed by atoms with E-state index in [9.17, 15) is 4.79 Å². The first kappa shape index (κ1) is 14.2. The molecule has 0 N–H and O–H groups in total. The maximum atomic E-state index is 11.9. The zero-order valence-electron chi connectivity index (χ0n) is 11.6. The minimum absolute atomic E-state index is 0.148. The normalized spacial score (nSPS) is 19.9. The van der Waals surface area contributed by atoms with Crippen LogP contribution in [0.25, 0.3) is 0 Å². The molecule has 2 rings (SSSR count). The third-order valence-electron chi connectivity index (χ3n) is 3.00. The van der Waals surface area contributed by atoms with E-state index >= 15 is 0 Å². The molecule has 0 saturated carbocycles. The summed E-state index contributed by atoms with van der Waals surface area (Å²) >= 11 is 5.82. The molecule has 1 aromatic rings. The van der Waals surface area contributed by atoms with Crippen LogP contribution >= 0.6 is 11.6 Å². The van der Waals surface area contributed by atoms with Crippen molar-refractivity contribution in [3.63, 3.8) is 0 Å². The van der Waals surface area contributed by atoms with E-state index in [1.54, 1.807) is 4.90 Å². The van der Waals surface area contributed by atoms with Crippen LogP contribution < -0.4 is 9.64 Å². The lowest BCUT2D eigenvalue weighted by molar-refractivity contribution is -0.117. The number of carbonyl (C=O) groups excluding carboxylic acids is 1. The molecule has 1 aromatic carbocycles. The average Bonchev–Trinajstić information content (AvgIpc) is 2.70. The molecule has 1 heterocycles. The zero-order valence-corrected chi connectivity index (χ0v) is 12.4. The average molecular weight is 282 g/mol. The van der Waals surface area contributed by atoms with Gasteiger partial charge in [-0.15, -0.1) is 11.6 Å². The van der Waals surface area contributed by atoms with Crippen LogP contribution in [0.15, 0.2) is 24.3 Å². The summed E-state index contributed by atoms with van der Waals surface area (Å²) in [5, 5.41) is 0. The third-order valence-corrected chi connectivity index (χ3v) is 3.43. The molecule has 19 heavy (non-hydrogen) atoms. The van der Waals surface area contributed by atoms with Gasteiger partial charge in [0.25, 0.3) is 0 Å². The summed E-state index contributed by atoms with van der Waals surface area (Å²) in [5.41, 5.74) is 0.702. The maximum Gasteiger partial charge on any atom is 0.227 e. The Bertz CT molecular complexity index is 450. The Kier molecular flexibility index (Phi) is 4.04. The number of rotatable bonds is 3. The molecule has 3 nitrogen and oxygen atoms in total. The fraction of sp³-hybridized carbons (Fsp3) is 0.533. The topological polar surface area (TPSA) is 29.5 Å². The van der Waals surface area contributed by atoms with Gasteiger partial charge in [-0.2, -0.15) is 0 Å². The predicted octanol–water partition coefficient (Wildman–Crippen LogP) is 3.46. The van der Waals surface area contributed by atoms with Gasteiger partial charge in [-0.05, 0) is 51.0 Å². The molecule has 4 heteroatoms. The van der Waals surface area contributed by atoms with E-state index in [2.05, 4.69) is 0 Å². The Morgan fingerprint density at radius 3 is 2.42 bits per heavy atom. The van der Waals surface area contributed by atoms with Crippen molar-refractivity contribution >= 4 is 23.2 Å². The zero-order chi connectivity index (χ0) is 14.0. The standard InChI is InChI=1S/C15H20ClNO2/c1-15(2,3)19-13-6-4-12(5-7-13)17-10-11(9-16)8-14(17)18/h4-7,11H,8-10H2,1-3H3. The quantitative estimate of drug-likeness (QED) is 0.794. The Morgan fingerprint density at radius 1 is 1.32 bits per heavy atom. The number of hydrogen-bond donors (Lipinski definition) is 0. The molecule has 1 fully saturated rings. The number of nitrogens with zero attached hydrogens (tertiary/aromatic N) is 1. The van der Waals surface area contributed by atoms with Crippen LogP contribution in [0.2, 0.25) is 0 Å². The van der Waals surface area contributed by atoms with Gasteiger partial charge >= 0.3 is 0 Å². The van der Waals surface area contributed by atoms with Gasteiger partial charge in [0.05, 0.1) is 0 Å². The van der Waals surface area contributed by atoms with Crippen molar-refractivity contribution in [1.82, 2.24) is 0 Å². The number of hydrogen-bond acceptors (Lipinski definition) is 2. The fourth-order valence-electron chi connectivity index (χ4n) is 2.18.